The van der Waals surface area contributed by atoms with Gasteiger partial charge in [0.25, 0.3) is 5.91 Å². The van der Waals surface area contributed by atoms with Crippen LogP contribution in [0.25, 0.3) is 10.1 Å². The van der Waals surface area contributed by atoms with Gasteiger partial charge in [-0.15, -0.1) is 11.3 Å². The lowest BCUT2D eigenvalue weighted by atomic mass is 9.88. The molecule has 2 aliphatic heterocycles. The van der Waals surface area contributed by atoms with Gasteiger partial charge in [-0.2, -0.15) is 0 Å². The smallest absolute Gasteiger partial charge is 0.265 e. The highest BCUT2D eigenvalue weighted by molar-refractivity contribution is 7.21. The third kappa shape index (κ3) is 1.98. The summed E-state index contributed by atoms with van der Waals surface area (Å²) in [7, 11) is 0. The predicted molar refractivity (Wildman–Crippen MR) is 84.5 cm³/mol. The van der Waals surface area contributed by atoms with E-state index in [1.165, 1.54) is 11.3 Å². The van der Waals surface area contributed by atoms with Crippen molar-refractivity contribution in [3.05, 3.63) is 28.1 Å². The van der Waals surface area contributed by atoms with Crippen LogP contribution in [0, 0.1) is 0 Å². The summed E-state index contributed by atoms with van der Waals surface area (Å²) < 4.78 is 0.871. The van der Waals surface area contributed by atoms with Gasteiger partial charge in [-0.25, -0.2) is 0 Å². The second-order valence-corrected chi connectivity index (χ2v) is 7.35. The summed E-state index contributed by atoms with van der Waals surface area (Å²) in [5, 5.41) is 13.6. The molecule has 1 spiro atoms. The Kier molecular flexibility index (Phi) is 2.90. The number of hydrogen-bond acceptors (Lipinski definition) is 4. The van der Waals surface area contributed by atoms with Gasteiger partial charge < -0.3 is 15.3 Å². The Bertz CT molecular complexity index is 810. The molecule has 0 atom stereocenters. The first-order chi connectivity index (χ1) is 10.5. The first kappa shape index (κ1) is 13.8. The van der Waals surface area contributed by atoms with Crippen LogP contribution >= 0.6 is 22.9 Å². The average Bonchev–Trinajstić information content (AvgIpc) is 2.99. The van der Waals surface area contributed by atoms with Crippen molar-refractivity contribution in [3.63, 3.8) is 0 Å². The van der Waals surface area contributed by atoms with E-state index >= 15 is 0 Å². The van der Waals surface area contributed by atoms with Gasteiger partial charge in [-0.3, -0.25) is 9.59 Å². The third-order valence-electron chi connectivity index (χ3n) is 4.31. The van der Waals surface area contributed by atoms with Crippen molar-refractivity contribution in [1.29, 1.82) is 0 Å². The number of phenolic OH excluding ortho intramolecular Hbond substituents is 1. The Hall–Kier alpha value is -1.79. The Morgan fingerprint density at radius 2 is 2.18 bits per heavy atom. The molecule has 2 fully saturated rings. The molecule has 7 heteroatoms. The minimum atomic E-state index is -0.228. The fourth-order valence-corrected chi connectivity index (χ4v) is 4.63. The van der Waals surface area contributed by atoms with Crippen molar-refractivity contribution >= 4 is 44.8 Å². The van der Waals surface area contributed by atoms with Gasteiger partial charge in [-0.05, 0) is 24.6 Å². The van der Waals surface area contributed by atoms with Gasteiger partial charge >= 0.3 is 0 Å². The fraction of sp³-hybridized carbons (Fsp3) is 0.333. The Morgan fingerprint density at radius 3 is 2.86 bits per heavy atom. The van der Waals surface area contributed by atoms with Crippen LogP contribution in [-0.4, -0.2) is 40.4 Å². The van der Waals surface area contributed by atoms with Crippen molar-refractivity contribution in [2.45, 2.75) is 18.4 Å². The van der Waals surface area contributed by atoms with E-state index in [0.29, 0.717) is 34.8 Å². The van der Waals surface area contributed by atoms with Crippen molar-refractivity contribution < 1.29 is 14.7 Å². The number of likely N-dealkylation sites (tertiary alicyclic amines) is 1. The summed E-state index contributed by atoms with van der Waals surface area (Å²) >= 11 is 7.63. The molecule has 2 aromatic rings. The number of rotatable bonds is 1. The average molecular weight is 337 g/mol. The second kappa shape index (κ2) is 4.60. The quantitative estimate of drug-likeness (QED) is 0.840. The van der Waals surface area contributed by atoms with Crippen molar-refractivity contribution in [3.8, 4) is 5.75 Å². The van der Waals surface area contributed by atoms with E-state index in [1.807, 2.05) is 0 Å². The summed E-state index contributed by atoms with van der Waals surface area (Å²) in [6, 6.07) is 4.91. The van der Waals surface area contributed by atoms with E-state index < -0.39 is 0 Å². The van der Waals surface area contributed by atoms with Crippen molar-refractivity contribution in [2.24, 2.45) is 0 Å². The first-order valence-corrected chi connectivity index (χ1v) is 8.18. The number of phenols is 1. The highest BCUT2D eigenvalue weighted by Gasteiger charge is 2.49. The van der Waals surface area contributed by atoms with Crippen LogP contribution in [0.15, 0.2) is 18.2 Å². The molecule has 0 saturated carbocycles. The highest BCUT2D eigenvalue weighted by Crippen LogP contribution is 2.39. The van der Waals surface area contributed by atoms with E-state index in [0.717, 1.165) is 11.1 Å². The molecule has 4 rings (SSSR count). The number of carbonyl (C=O) groups excluding carboxylic acids is 2. The number of benzene rings is 1. The maximum Gasteiger partial charge on any atom is 0.265 e. The van der Waals surface area contributed by atoms with Gasteiger partial charge in [0.1, 0.15) is 10.6 Å². The Morgan fingerprint density at radius 1 is 1.41 bits per heavy atom. The number of nitrogens with zero attached hydrogens (tertiary/aromatic N) is 1. The van der Waals surface area contributed by atoms with Crippen LogP contribution in [0.2, 0.25) is 5.02 Å². The number of nitrogens with one attached hydrogen (secondary N) is 1. The van der Waals surface area contributed by atoms with Crippen LogP contribution in [0.3, 0.4) is 0 Å². The molecular formula is C15H13ClN2O3S. The molecule has 114 valence electrons. The normalized spacial score (nSPS) is 19.5. The molecule has 1 aromatic heterocycles. The van der Waals surface area contributed by atoms with Crippen LogP contribution in [0.1, 0.15) is 22.5 Å². The predicted octanol–water partition coefficient (Wildman–Crippen LogP) is 2.36. The van der Waals surface area contributed by atoms with E-state index in [1.54, 1.807) is 23.1 Å². The molecular weight excluding hydrogens is 324 g/mol. The Balaban J connectivity index is 1.59. The number of carbonyl (C=O) groups is 2. The summed E-state index contributed by atoms with van der Waals surface area (Å²) in [5.74, 6) is 0.0719. The summed E-state index contributed by atoms with van der Waals surface area (Å²) in [6.45, 7) is 1.07. The van der Waals surface area contributed by atoms with Crippen LogP contribution in [0.4, 0.5) is 0 Å². The molecule has 5 nitrogen and oxygen atoms in total. The molecule has 1 aromatic carbocycles. The maximum atomic E-state index is 12.6. The monoisotopic (exact) mass is 336 g/mol. The zero-order chi connectivity index (χ0) is 15.5. The number of thiophene rings is 1. The topological polar surface area (TPSA) is 69.6 Å². The van der Waals surface area contributed by atoms with Gasteiger partial charge in [-0.1, -0.05) is 11.6 Å². The fourth-order valence-electron chi connectivity index (χ4n) is 3.18. The Labute approximate surface area is 135 Å². The summed E-state index contributed by atoms with van der Waals surface area (Å²) in [4.78, 5) is 26.1. The second-order valence-electron chi connectivity index (χ2n) is 5.92. The van der Waals surface area contributed by atoms with Gasteiger partial charge in [0.05, 0.1) is 10.6 Å². The molecule has 22 heavy (non-hydrogen) atoms. The molecule has 0 bridgehead atoms. The maximum absolute atomic E-state index is 12.6. The third-order valence-corrected chi connectivity index (χ3v) is 5.98. The van der Waals surface area contributed by atoms with Gasteiger partial charge in [0.2, 0.25) is 5.91 Å². The van der Waals surface area contributed by atoms with Crippen LogP contribution < -0.4 is 5.32 Å². The number of fused-ring (bicyclic) bond motifs is 1. The van der Waals surface area contributed by atoms with Crippen molar-refractivity contribution in [1.82, 2.24) is 10.2 Å². The minimum absolute atomic E-state index is 0.0578. The SMILES string of the molecule is O=C1CCC2(CN(C(=O)c3sc4ccc(O)cc4c3Cl)C2)N1. The lowest BCUT2D eigenvalue weighted by Crippen LogP contribution is -2.68. The molecule has 0 radical (unpaired) electrons. The number of hydrogen-bond donors (Lipinski definition) is 2. The zero-order valence-electron chi connectivity index (χ0n) is 11.6. The van der Waals surface area contributed by atoms with E-state index in [-0.39, 0.29) is 23.1 Å². The van der Waals surface area contributed by atoms with Gasteiger partial charge in [0, 0.05) is 29.6 Å². The highest BCUT2D eigenvalue weighted by atomic mass is 35.5. The summed E-state index contributed by atoms with van der Waals surface area (Å²) in [6.07, 6.45) is 1.31. The number of amides is 2. The molecule has 2 N–H and O–H groups in total. The lowest BCUT2D eigenvalue weighted by molar-refractivity contribution is -0.120. The van der Waals surface area contributed by atoms with Gasteiger partial charge in [0.15, 0.2) is 0 Å². The molecule has 0 unspecified atom stereocenters. The number of halogens is 1. The molecule has 3 heterocycles. The lowest BCUT2D eigenvalue weighted by Gasteiger charge is -2.47. The van der Waals surface area contributed by atoms with E-state index in [9.17, 15) is 14.7 Å². The van der Waals surface area contributed by atoms with Crippen LogP contribution in [0.5, 0.6) is 5.75 Å². The largest absolute Gasteiger partial charge is 0.508 e. The summed E-state index contributed by atoms with van der Waals surface area (Å²) in [5.41, 5.74) is -0.228. The molecule has 2 saturated heterocycles. The van der Waals surface area contributed by atoms with E-state index in [4.69, 9.17) is 11.6 Å². The molecule has 2 aliphatic rings. The molecule has 2 amide bonds. The van der Waals surface area contributed by atoms with Crippen LogP contribution in [-0.2, 0) is 4.79 Å². The first-order valence-electron chi connectivity index (χ1n) is 6.99. The zero-order valence-corrected chi connectivity index (χ0v) is 13.1. The van der Waals surface area contributed by atoms with Crippen molar-refractivity contribution in [2.75, 3.05) is 13.1 Å². The standard InChI is InChI=1S/C15H13ClN2O3S/c16-12-9-5-8(19)1-2-10(9)22-13(12)14(21)18-6-15(7-18)4-3-11(20)17-15/h1-2,5,19H,3-4,6-7H2,(H,17,20). The van der Waals surface area contributed by atoms with E-state index in [2.05, 4.69) is 5.32 Å². The molecule has 0 aliphatic carbocycles. The minimum Gasteiger partial charge on any atom is -0.508 e. The number of aromatic hydroxyl groups is 1.